The molecule has 1 amide bonds. The molecule has 88 valence electrons. The van der Waals surface area contributed by atoms with Gasteiger partial charge in [-0.15, -0.1) is 0 Å². The minimum absolute atomic E-state index is 0.141. The van der Waals surface area contributed by atoms with Crippen LogP contribution in [0.3, 0.4) is 0 Å². The molecular formula is C12H24N2O. The molecule has 1 saturated carbocycles. The average molecular weight is 212 g/mol. The van der Waals surface area contributed by atoms with Crippen LogP contribution in [0.15, 0.2) is 0 Å². The van der Waals surface area contributed by atoms with Gasteiger partial charge in [-0.25, -0.2) is 0 Å². The Morgan fingerprint density at radius 3 is 2.73 bits per heavy atom. The van der Waals surface area contributed by atoms with Crippen molar-refractivity contribution < 1.29 is 4.79 Å². The van der Waals surface area contributed by atoms with Crippen molar-refractivity contribution in [1.29, 1.82) is 0 Å². The first-order valence-corrected chi connectivity index (χ1v) is 6.00. The maximum absolute atomic E-state index is 11.0. The molecule has 0 aliphatic heterocycles. The van der Waals surface area contributed by atoms with E-state index >= 15 is 0 Å². The lowest BCUT2D eigenvalue weighted by molar-refractivity contribution is -0.120. The van der Waals surface area contributed by atoms with Crippen molar-refractivity contribution in [1.82, 2.24) is 10.6 Å². The lowest BCUT2D eigenvalue weighted by Gasteiger charge is -2.27. The summed E-state index contributed by atoms with van der Waals surface area (Å²) in [6.07, 6.45) is 5.51. The molecule has 0 aromatic carbocycles. The summed E-state index contributed by atoms with van der Waals surface area (Å²) >= 11 is 0. The molecule has 0 aromatic rings. The van der Waals surface area contributed by atoms with Gasteiger partial charge in [0, 0.05) is 19.5 Å². The van der Waals surface area contributed by atoms with E-state index in [1.54, 1.807) is 7.05 Å². The second-order valence-corrected chi connectivity index (χ2v) is 5.16. The van der Waals surface area contributed by atoms with E-state index in [1.165, 1.54) is 19.3 Å². The Hall–Kier alpha value is -0.570. The molecule has 0 radical (unpaired) electrons. The lowest BCUT2D eigenvalue weighted by Crippen LogP contribution is -2.38. The van der Waals surface area contributed by atoms with Crippen LogP contribution in [-0.2, 0) is 4.79 Å². The summed E-state index contributed by atoms with van der Waals surface area (Å²) in [7, 11) is 1.69. The molecule has 1 rings (SSSR count). The van der Waals surface area contributed by atoms with Gasteiger partial charge in [0.15, 0.2) is 0 Å². The Morgan fingerprint density at radius 1 is 1.47 bits per heavy atom. The highest BCUT2D eigenvalue weighted by Crippen LogP contribution is 2.36. The van der Waals surface area contributed by atoms with Crippen LogP contribution >= 0.6 is 0 Å². The van der Waals surface area contributed by atoms with Crippen LogP contribution in [-0.4, -0.2) is 25.5 Å². The van der Waals surface area contributed by atoms with Gasteiger partial charge in [0.05, 0.1) is 0 Å². The fourth-order valence-electron chi connectivity index (χ4n) is 2.36. The lowest BCUT2D eigenvalue weighted by atomic mass is 9.87. The third-order valence-corrected chi connectivity index (χ3v) is 3.51. The van der Waals surface area contributed by atoms with Gasteiger partial charge in [-0.3, -0.25) is 4.79 Å². The monoisotopic (exact) mass is 212 g/mol. The second kappa shape index (κ2) is 5.50. The summed E-state index contributed by atoms with van der Waals surface area (Å²) in [6.45, 7) is 5.62. The third kappa shape index (κ3) is 3.82. The molecular weight excluding hydrogens is 188 g/mol. The van der Waals surface area contributed by atoms with E-state index in [-0.39, 0.29) is 5.91 Å². The maximum Gasteiger partial charge on any atom is 0.219 e. The standard InChI is InChI=1S/C12H24N2O/c1-12(2)8-4-6-10(12)14-9-5-7-11(15)13-3/h10,14H,4-9H2,1-3H3,(H,13,15). The molecule has 3 nitrogen and oxygen atoms in total. The molecule has 0 saturated heterocycles. The zero-order valence-electron chi connectivity index (χ0n) is 10.2. The van der Waals surface area contributed by atoms with Crippen LogP contribution in [0.1, 0.15) is 46.0 Å². The maximum atomic E-state index is 11.0. The van der Waals surface area contributed by atoms with Crippen LogP contribution in [0.5, 0.6) is 0 Å². The van der Waals surface area contributed by atoms with E-state index in [9.17, 15) is 4.79 Å². The van der Waals surface area contributed by atoms with Gasteiger partial charge in [0.2, 0.25) is 5.91 Å². The Labute approximate surface area is 93.0 Å². The van der Waals surface area contributed by atoms with Crippen molar-refractivity contribution >= 4 is 5.91 Å². The fraction of sp³-hybridized carbons (Fsp3) is 0.917. The van der Waals surface area contributed by atoms with Gasteiger partial charge < -0.3 is 10.6 Å². The molecule has 0 spiro atoms. The van der Waals surface area contributed by atoms with Crippen molar-refractivity contribution in [2.75, 3.05) is 13.6 Å². The molecule has 0 aromatic heterocycles. The first-order valence-electron chi connectivity index (χ1n) is 6.00. The number of hydrogen-bond donors (Lipinski definition) is 2. The Bertz CT molecular complexity index is 214. The highest BCUT2D eigenvalue weighted by Gasteiger charge is 2.33. The first-order chi connectivity index (χ1) is 7.06. The summed E-state index contributed by atoms with van der Waals surface area (Å²) in [5, 5.41) is 6.21. The van der Waals surface area contributed by atoms with Crippen molar-refractivity contribution in [2.24, 2.45) is 5.41 Å². The molecule has 1 aliphatic rings. The van der Waals surface area contributed by atoms with Gasteiger partial charge in [-0.05, 0) is 31.2 Å². The Morgan fingerprint density at radius 2 is 2.20 bits per heavy atom. The van der Waals surface area contributed by atoms with Crippen LogP contribution in [0.25, 0.3) is 0 Å². The molecule has 3 heteroatoms. The van der Waals surface area contributed by atoms with Crippen LogP contribution in [0.4, 0.5) is 0 Å². The highest BCUT2D eigenvalue weighted by atomic mass is 16.1. The summed E-state index contributed by atoms with van der Waals surface area (Å²) in [6, 6.07) is 0.641. The van der Waals surface area contributed by atoms with E-state index in [0.29, 0.717) is 17.9 Å². The molecule has 1 unspecified atom stereocenters. The van der Waals surface area contributed by atoms with Gasteiger partial charge in [0.25, 0.3) is 0 Å². The van der Waals surface area contributed by atoms with E-state index in [0.717, 1.165) is 13.0 Å². The van der Waals surface area contributed by atoms with Crippen LogP contribution < -0.4 is 10.6 Å². The number of rotatable bonds is 5. The molecule has 0 heterocycles. The van der Waals surface area contributed by atoms with Crippen molar-refractivity contribution in [3.63, 3.8) is 0 Å². The molecule has 15 heavy (non-hydrogen) atoms. The average Bonchev–Trinajstić information content (AvgIpc) is 2.52. The molecule has 1 atom stereocenters. The summed E-state index contributed by atoms with van der Waals surface area (Å²) < 4.78 is 0. The predicted octanol–water partition coefficient (Wildman–Crippen LogP) is 1.68. The molecule has 0 bridgehead atoms. The number of amides is 1. The highest BCUT2D eigenvalue weighted by molar-refractivity contribution is 5.75. The fourth-order valence-corrected chi connectivity index (χ4v) is 2.36. The van der Waals surface area contributed by atoms with Gasteiger partial charge in [-0.2, -0.15) is 0 Å². The van der Waals surface area contributed by atoms with E-state index < -0.39 is 0 Å². The van der Waals surface area contributed by atoms with Crippen molar-refractivity contribution in [3.05, 3.63) is 0 Å². The third-order valence-electron chi connectivity index (χ3n) is 3.51. The summed E-state index contributed by atoms with van der Waals surface area (Å²) in [5.74, 6) is 0.141. The van der Waals surface area contributed by atoms with E-state index in [1.807, 2.05) is 0 Å². The molecule has 1 fully saturated rings. The zero-order valence-corrected chi connectivity index (χ0v) is 10.2. The predicted molar refractivity (Wildman–Crippen MR) is 62.7 cm³/mol. The Balaban J connectivity index is 2.12. The second-order valence-electron chi connectivity index (χ2n) is 5.16. The SMILES string of the molecule is CNC(=O)CCCNC1CCCC1(C)C. The topological polar surface area (TPSA) is 41.1 Å². The summed E-state index contributed by atoms with van der Waals surface area (Å²) in [5.41, 5.74) is 0.438. The number of carbonyl (C=O) groups is 1. The number of carbonyl (C=O) groups excluding carboxylic acids is 1. The quantitative estimate of drug-likeness (QED) is 0.681. The smallest absolute Gasteiger partial charge is 0.219 e. The Kier molecular flexibility index (Phi) is 4.58. The minimum Gasteiger partial charge on any atom is -0.359 e. The molecule has 2 N–H and O–H groups in total. The van der Waals surface area contributed by atoms with Crippen LogP contribution in [0, 0.1) is 5.41 Å². The van der Waals surface area contributed by atoms with E-state index in [4.69, 9.17) is 0 Å². The largest absolute Gasteiger partial charge is 0.359 e. The normalized spacial score (nSPS) is 24.1. The van der Waals surface area contributed by atoms with Gasteiger partial charge >= 0.3 is 0 Å². The van der Waals surface area contributed by atoms with Gasteiger partial charge in [-0.1, -0.05) is 20.3 Å². The number of hydrogen-bond acceptors (Lipinski definition) is 2. The van der Waals surface area contributed by atoms with Crippen molar-refractivity contribution in [2.45, 2.75) is 52.0 Å². The van der Waals surface area contributed by atoms with Crippen LogP contribution in [0.2, 0.25) is 0 Å². The van der Waals surface area contributed by atoms with Gasteiger partial charge in [0.1, 0.15) is 0 Å². The summed E-state index contributed by atoms with van der Waals surface area (Å²) in [4.78, 5) is 11.0. The molecule has 1 aliphatic carbocycles. The number of nitrogens with one attached hydrogen (secondary N) is 2. The minimum atomic E-state index is 0.141. The van der Waals surface area contributed by atoms with Crippen molar-refractivity contribution in [3.8, 4) is 0 Å². The first kappa shape index (κ1) is 12.5. The van der Waals surface area contributed by atoms with E-state index in [2.05, 4.69) is 24.5 Å². The zero-order chi connectivity index (χ0) is 11.3.